The summed E-state index contributed by atoms with van der Waals surface area (Å²) in [6.07, 6.45) is 6.20. The summed E-state index contributed by atoms with van der Waals surface area (Å²) in [5.74, 6) is 0.216. The number of ether oxygens (including phenoxy) is 1. The van der Waals surface area contributed by atoms with Gasteiger partial charge in [0, 0.05) is 31.8 Å². The molecule has 1 saturated heterocycles. The van der Waals surface area contributed by atoms with Crippen molar-refractivity contribution in [3.63, 3.8) is 0 Å². The lowest BCUT2D eigenvalue weighted by atomic mass is 10.1. The van der Waals surface area contributed by atoms with Crippen LogP contribution >= 0.6 is 12.4 Å². The second kappa shape index (κ2) is 12.0. The molecule has 0 unspecified atom stereocenters. The van der Waals surface area contributed by atoms with Gasteiger partial charge < -0.3 is 24.8 Å². The minimum Gasteiger partial charge on any atom is -0.490 e. The van der Waals surface area contributed by atoms with E-state index in [4.69, 9.17) is 4.74 Å². The Bertz CT molecular complexity index is 1080. The molecule has 3 N–H and O–H groups in total. The molecule has 2 aromatic heterocycles. The van der Waals surface area contributed by atoms with Crippen LogP contribution in [0.4, 0.5) is 14.9 Å². The van der Waals surface area contributed by atoms with Crippen LogP contribution in [0.3, 0.4) is 0 Å². The first-order chi connectivity index (χ1) is 16.1. The van der Waals surface area contributed by atoms with Crippen LogP contribution in [0, 0.1) is 5.82 Å². The number of carbonyl (C=O) groups excluding carboxylic acids is 1. The molecule has 34 heavy (non-hydrogen) atoms. The molecule has 0 bridgehead atoms. The van der Waals surface area contributed by atoms with Crippen LogP contribution in [-0.2, 0) is 0 Å². The zero-order chi connectivity index (χ0) is 23.2. The van der Waals surface area contributed by atoms with Crippen molar-refractivity contribution in [1.82, 2.24) is 30.0 Å². The number of piperidine rings is 1. The number of benzene rings is 1. The van der Waals surface area contributed by atoms with E-state index in [2.05, 4.69) is 30.4 Å². The molecular formula is C23H33ClFN7O2. The molecule has 1 aromatic carbocycles. The lowest BCUT2D eigenvalue weighted by Crippen LogP contribution is -2.34. The number of nitrogens with one attached hydrogen (secondary N) is 3. The second-order valence-corrected chi connectivity index (χ2v) is 8.25. The Morgan fingerprint density at radius 2 is 2.00 bits per heavy atom. The van der Waals surface area contributed by atoms with Crippen LogP contribution in [0.5, 0.6) is 5.75 Å². The van der Waals surface area contributed by atoms with Crippen LogP contribution in [0.25, 0.3) is 22.6 Å². The van der Waals surface area contributed by atoms with Crippen molar-refractivity contribution < 1.29 is 13.9 Å². The number of imidazole rings is 1. The van der Waals surface area contributed by atoms with Gasteiger partial charge in [-0.15, -0.1) is 12.4 Å². The van der Waals surface area contributed by atoms with E-state index in [-0.39, 0.29) is 24.2 Å². The summed E-state index contributed by atoms with van der Waals surface area (Å²) >= 11 is 0. The van der Waals surface area contributed by atoms with E-state index in [0.29, 0.717) is 47.9 Å². The summed E-state index contributed by atoms with van der Waals surface area (Å²) in [6, 6.07) is 2.77. The lowest BCUT2D eigenvalue weighted by molar-refractivity contribution is 0.203. The number of anilines is 1. The minimum absolute atomic E-state index is 0. The number of fused-ring (bicyclic) bond motifs is 1. The van der Waals surface area contributed by atoms with Gasteiger partial charge in [-0.1, -0.05) is 6.42 Å². The Balaban J connectivity index is 0.00000324. The number of rotatable bonds is 9. The van der Waals surface area contributed by atoms with Gasteiger partial charge in [0.1, 0.15) is 5.69 Å². The first kappa shape index (κ1) is 25.8. The zero-order valence-corrected chi connectivity index (χ0v) is 20.5. The molecule has 9 nitrogen and oxygen atoms in total. The number of nitrogens with zero attached hydrogens (tertiary/aromatic N) is 4. The lowest BCUT2D eigenvalue weighted by Gasteiger charge is -2.26. The van der Waals surface area contributed by atoms with Crippen molar-refractivity contribution in [1.29, 1.82) is 0 Å². The number of amides is 2. The third kappa shape index (κ3) is 5.98. The SMILES string of the molecule is CCN(CC)C(=O)Nc1cn[nH]c1-c1nc2cc(OCCCN3CCCCC3)c(F)cc2[nH]1.Cl. The number of H-pyrrole nitrogens is 2. The molecule has 3 aromatic rings. The van der Waals surface area contributed by atoms with Crippen molar-refractivity contribution >= 4 is 35.2 Å². The number of carbonyl (C=O) groups is 1. The highest BCUT2D eigenvalue weighted by Gasteiger charge is 2.18. The molecule has 4 rings (SSSR count). The van der Waals surface area contributed by atoms with Gasteiger partial charge in [0.05, 0.1) is 29.5 Å². The third-order valence-corrected chi connectivity index (χ3v) is 6.03. The molecule has 3 heterocycles. The Kier molecular flexibility index (Phi) is 9.12. The minimum atomic E-state index is -0.435. The van der Waals surface area contributed by atoms with Gasteiger partial charge in [-0.25, -0.2) is 14.2 Å². The number of urea groups is 1. The summed E-state index contributed by atoms with van der Waals surface area (Å²) in [4.78, 5) is 24.2. The smallest absolute Gasteiger partial charge is 0.321 e. The van der Waals surface area contributed by atoms with E-state index in [1.165, 1.54) is 31.5 Å². The highest BCUT2D eigenvalue weighted by molar-refractivity contribution is 5.93. The summed E-state index contributed by atoms with van der Waals surface area (Å²) < 4.78 is 20.3. The van der Waals surface area contributed by atoms with Crippen molar-refractivity contribution in [2.24, 2.45) is 0 Å². The summed E-state index contributed by atoms with van der Waals surface area (Å²) in [5, 5.41) is 9.74. The topological polar surface area (TPSA) is 102 Å². The molecule has 0 atom stereocenters. The van der Waals surface area contributed by atoms with Gasteiger partial charge in [0.2, 0.25) is 0 Å². The van der Waals surface area contributed by atoms with E-state index in [1.807, 2.05) is 13.8 Å². The summed E-state index contributed by atoms with van der Waals surface area (Å²) in [6.45, 7) is 8.74. The molecule has 186 valence electrons. The van der Waals surface area contributed by atoms with Gasteiger partial charge >= 0.3 is 6.03 Å². The quantitative estimate of drug-likeness (QED) is 0.377. The van der Waals surface area contributed by atoms with Crippen molar-refractivity contribution in [3.8, 4) is 17.3 Å². The average Bonchev–Trinajstić information content (AvgIpc) is 3.44. The maximum atomic E-state index is 14.6. The second-order valence-electron chi connectivity index (χ2n) is 8.25. The molecule has 0 spiro atoms. The third-order valence-electron chi connectivity index (χ3n) is 6.03. The summed E-state index contributed by atoms with van der Waals surface area (Å²) in [7, 11) is 0. The maximum Gasteiger partial charge on any atom is 0.321 e. The monoisotopic (exact) mass is 493 g/mol. The van der Waals surface area contributed by atoms with Crippen molar-refractivity contribution in [2.75, 3.05) is 44.6 Å². The van der Waals surface area contributed by atoms with Crippen LogP contribution in [0.15, 0.2) is 18.3 Å². The first-order valence-corrected chi connectivity index (χ1v) is 11.7. The largest absolute Gasteiger partial charge is 0.490 e. The molecule has 0 aliphatic carbocycles. The molecule has 11 heteroatoms. The predicted octanol–water partition coefficient (Wildman–Crippen LogP) is 4.64. The highest BCUT2D eigenvalue weighted by Crippen LogP contribution is 2.29. The Morgan fingerprint density at radius 1 is 1.24 bits per heavy atom. The Labute approximate surface area is 204 Å². The number of likely N-dealkylation sites (tertiary alicyclic amines) is 1. The number of aromatic amines is 2. The van der Waals surface area contributed by atoms with Gasteiger partial charge in [-0.2, -0.15) is 5.10 Å². The number of halogens is 2. The zero-order valence-electron chi connectivity index (χ0n) is 19.7. The molecule has 0 radical (unpaired) electrons. The van der Waals surface area contributed by atoms with Crippen molar-refractivity contribution in [2.45, 2.75) is 39.5 Å². The van der Waals surface area contributed by atoms with Crippen LogP contribution in [-0.4, -0.2) is 75.3 Å². The van der Waals surface area contributed by atoms with E-state index >= 15 is 0 Å². The van der Waals surface area contributed by atoms with Crippen LogP contribution < -0.4 is 10.1 Å². The molecule has 2 amide bonds. The van der Waals surface area contributed by atoms with Crippen LogP contribution in [0.1, 0.15) is 39.5 Å². The molecule has 0 saturated carbocycles. The van der Waals surface area contributed by atoms with Gasteiger partial charge in [-0.3, -0.25) is 5.10 Å². The molecule has 1 aliphatic heterocycles. The van der Waals surface area contributed by atoms with E-state index in [9.17, 15) is 9.18 Å². The van der Waals surface area contributed by atoms with E-state index < -0.39 is 5.82 Å². The Morgan fingerprint density at radius 3 is 2.74 bits per heavy atom. The van der Waals surface area contributed by atoms with E-state index in [1.54, 1.807) is 11.0 Å². The predicted molar refractivity (Wildman–Crippen MR) is 133 cm³/mol. The van der Waals surface area contributed by atoms with Gasteiger partial charge in [0.25, 0.3) is 0 Å². The van der Waals surface area contributed by atoms with Crippen LogP contribution in [0.2, 0.25) is 0 Å². The molecule has 1 fully saturated rings. The number of hydrogen-bond acceptors (Lipinski definition) is 5. The Hall–Kier alpha value is -2.85. The number of hydrogen-bond donors (Lipinski definition) is 3. The summed E-state index contributed by atoms with van der Waals surface area (Å²) in [5.41, 5.74) is 2.14. The highest BCUT2D eigenvalue weighted by atomic mass is 35.5. The fourth-order valence-electron chi connectivity index (χ4n) is 4.16. The first-order valence-electron chi connectivity index (χ1n) is 11.7. The van der Waals surface area contributed by atoms with E-state index in [0.717, 1.165) is 26.1 Å². The molecular weight excluding hydrogens is 461 g/mol. The normalized spacial score (nSPS) is 14.1. The molecule has 1 aliphatic rings. The fourth-order valence-corrected chi connectivity index (χ4v) is 4.16. The van der Waals surface area contributed by atoms with Crippen molar-refractivity contribution in [3.05, 3.63) is 24.1 Å². The fraction of sp³-hybridized carbons (Fsp3) is 0.522. The van der Waals surface area contributed by atoms with Gasteiger partial charge in [-0.05, 0) is 46.2 Å². The maximum absolute atomic E-state index is 14.6. The number of aromatic nitrogens is 4. The average molecular weight is 494 g/mol. The standard InChI is InChI=1S/C23H32FN7O2.ClH/c1-3-31(4-2)23(32)28-19-15-25-29-21(19)22-26-17-13-16(24)20(14-18(17)27-22)33-12-8-11-30-9-6-5-7-10-30;/h13-15H,3-12H2,1-2H3,(H,25,29)(H,26,27)(H,28,32);1H. The van der Waals surface area contributed by atoms with Gasteiger partial charge in [0.15, 0.2) is 17.4 Å².